The molecule has 7 N–H and O–H groups in total. The Morgan fingerprint density at radius 3 is 0.750 bits per heavy atom. The fourth-order valence-corrected chi connectivity index (χ4v) is 16.6. The molecule has 20 heteroatoms. The third-order valence-corrected chi connectivity index (χ3v) is 24.0. The standard InChI is InChI=1S/C24H22ClNO.C18H18ClNO.C18H19NO.C12H14BrNO.C12H8Cl2.C12H15NO.C6H6BBrO2.2CH4.B.H2/c25-23-6-2-5-22(16-23)21-4-1-3-20(15-21)17-7-9-18(10-8-17)24(27)19-11-13-26-14-12-19;19-17-3-1-2-16(12-17)13-4-6-14(7-5-13)18(21)15-8-10-20-11-9-15;20-18(17-10-12-19-13-11-17)16-8-6-15(7-9-16)14-4-2-1-3-5-14;13-11-3-1-9(2-4-11)12(15)10-5-7-14-8-6-10;13-11-5-1-3-9(7-11)10-4-2-6-12(14)8-10;14-12(10-4-2-1-3-5-10)11-6-8-13-9-7-11;8-6-3-1-2-5(4-6)7(9)10;;;;/h1-10,15-16,19,26H,11-14H2;1-7,12,15,20H,8-11H2;1-9,17,19H,10-13H2;1-4,10,14H,5-8H2;1-8H;1-5,11,13H,6-9H2;1-4,9-10H;2*1H4;;1H/i;;;;;;;;;;1+1. The van der Waals surface area contributed by atoms with Crippen LogP contribution in [-0.4, -0.2) is 120 Å². The summed E-state index contributed by atoms with van der Waals surface area (Å²) in [6.07, 6.45) is 9.55. The van der Waals surface area contributed by atoms with Gasteiger partial charge in [-0.2, -0.15) is 0 Å². The molecule has 5 heterocycles. The van der Waals surface area contributed by atoms with Crippen LogP contribution in [0.1, 0.15) is 132 Å². The fraction of sp³-hybridized carbons (Fsp3) is 0.260. The number of ketones is 5. The van der Waals surface area contributed by atoms with Crippen LogP contribution in [0.5, 0.6) is 0 Å². The number of rotatable bonds is 16. The van der Waals surface area contributed by atoms with E-state index in [1.54, 1.807) is 18.2 Å². The van der Waals surface area contributed by atoms with E-state index < -0.39 is 7.12 Å². The van der Waals surface area contributed by atoms with Crippen LogP contribution in [0.2, 0.25) is 20.1 Å². The molecule has 3 radical (unpaired) electrons. The number of carbonyl (C=O) groups excluding carboxylic acids is 5. The number of carbonyl (C=O) groups is 5. The van der Waals surface area contributed by atoms with Crippen molar-refractivity contribution < 1.29 is 35.4 Å². The van der Waals surface area contributed by atoms with Gasteiger partial charge in [-0.1, -0.05) is 318 Å². The Hall–Kier alpha value is -9.04. The van der Waals surface area contributed by atoms with Crippen molar-refractivity contribution in [3.63, 3.8) is 0 Å². The van der Waals surface area contributed by atoms with E-state index in [1.807, 2.05) is 243 Å². The van der Waals surface area contributed by atoms with Crippen molar-refractivity contribution in [2.45, 2.75) is 79.1 Å². The quantitative estimate of drug-likeness (QED) is 0.0359. The zero-order valence-electron chi connectivity index (χ0n) is 68.3. The van der Waals surface area contributed by atoms with Gasteiger partial charge in [-0.15, -0.1) is 0 Å². The second-order valence-corrected chi connectivity index (χ2v) is 34.0. The van der Waals surface area contributed by atoms with Crippen molar-refractivity contribution in [1.82, 2.24) is 26.6 Å². The zero-order valence-corrected chi connectivity index (χ0v) is 74.5. The molecule has 0 aliphatic carbocycles. The maximum Gasteiger partial charge on any atom is 0.488 e. The maximum atomic E-state index is 12.7. The van der Waals surface area contributed by atoms with Gasteiger partial charge < -0.3 is 36.6 Å². The van der Waals surface area contributed by atoms with E-state index in [1.165, 1.54) is 5.56 Å². The second kappa shape index (κ2) is 53.4. The fourth-order valence-electron chi connectivity index (χ4n) is 15.1. The van der Waals surface area contributed by atoms with Crippen LogP contribution in [0.4, 0.5) is 0 Å². The van der Waals surface area contributed by atoms with E-state index >= 15 is 0 Å². The van der Waals surface area contributed by atoms with Crippen molar-refractivity contribution in [1.29, 1.82) is 0 Å². The van der Waals surface area contributed by atoms with Gasteiger partial charge in [0.2, 0.25) is 0 Å². The number of hydrogen-bond acceptors (Lipinski definition) is 12. The Morgan fingerprint density at radius 2 is 0.476 bits per heavy atom. The Balaban J connectivity index is 0.000000203. The second-order valence-electron chi connectivity index (χ2n) is 30.5. The molecule has 12 aromatic carbocycles. The molecule has 0 spiro atoms. The van der Waals surface area contributed by atoms with E-state index in [4.69, 9.17) is 56.5 Å². The van der Waals surface area contributed by atoms with Crippen molar-refractivity contribution >= 4 is 128 Å². The van der Waals surface area contributed by atoms with Crippen LogP contribution in [0, 0.1) is 29.6 Å². The van der Waals surface area contributed by atoms with Crippen LogP contribution in [0.25, 0.3) is 55.6 Å². The molecule has 5 fully saturated rings. The lowest BCUT2D eigenvalue weighted by Gasteiger charge is -2.21. The molecule has 643 valence electrons. The number of piperidine rings is 5. The van der Waals surface area contributed by atoms with Crippen molar-refractivity contribution in [2.24, 2.45) is 29.6 Å². The number of benzene rings is 12. The van der Waals surface area contributed by atoms with Crippen molar-refractivity contribution in [3.05, 3.63) is 360 Å². The first kappa shape index (κ1) is 100. The lowest BCUT2D eigenvalue weighted by Crippen LogP contribution is -2.31. The highest BCUT2D eigenvalue weighted by Crippen LogP contribution is 2.32. The molecule has 5 saturated heterocycles. The summed E-state index contributed by atoms with van der Waals surface area (Å²) in [7, 11) is -1.38. The van der Waals surface area contributed by atoms with Crippen molar-refractivity contribution in [3.8, 4) is 55.6 Å². The van der Waals surface area contributed by atoms with Crippen LogP contribution >= 0.6 is 78.3 Å². The lowest BCUT2D eigenvalue weighted by molar-refractivity contribution is 0.0888. The zero-order chi connectivity index (χ0) is 85.1. The molecule has 5 aliphatic heterocycles. The number of nitrogens with one attached hydrogen (secondary N) is 5. The molecule has 0 bridgehead atoms. The van der Waals surface area contributed by atoms with E-state index in [2.05, 4.69) is 101 Å². The van der Waals surface area contributed by atoms with Crippen LogP contribution in [0.15, 0.2) is 312 Å². The van der Waals surface area contributed by atoms with Gasteiger partial charge in [0.1, 0.15) is 0 Å². The molecule has 124 heavy (non-hydrogen) atoms. The molecule has 0 amide bonds. The van der Waals surface area contributed by atoms with E-state index in [0.717, 1.165) is 237 Å². The summed E-state index contributed by atoms with van der Waals surface area (Å²) in [4.78, 5) is 61.6. The highest BCUT2D eigenvalue weighted by Gasteiger charge is 2.27. The Labute approximate surface area is 774 Å². The van der Waals surface area contributed by atoms with Gasteiger partial charge in [-0.3, -0.25) is 24.0 Å². The van der Waals surface area contributed by atoms with Crippen molar-refractivity contribution in [2.75, 3.05) is 65.4 Å². The van der Waals surface area contributed by atoms with Crippen LogP contribution in [0.3, 0.4) is 0 Å². The third kappa shape index (κ3) is 31.8. The van der Waals surface area contributed by atoms with Gasteiger partial charge in [-0.05, 0) is 270 Å². The van der Waals surface area contributed by atoms with Gasteiger partial charge in [0.25, 0.3) is 0 Å². The predicted octanol–water partition coefficient (Wildman–Crippen LogP) is 24.0. The summed E-state index contributed by atoms with van der Waals surface area (Å²) >= 11 is 30.5. The molecular weight excluding hydrogens is 1750 g/mol. The molecule has 5 aliphatic rings. The molecule has 12 nitrogen and oxygen atoms in total. The normalized spacial score (nSPS) is 14.6. The van der Waals surface area contributed by atoms with E-state index in [0.29, 0.717) is 22.8 Å². The number of Topliss-reactive ketones (excluding diaryl/α,β-unsaturated/α-hetero) is 5. The largest absolute Gasteiger partial charge is 0.488 e. The summed E-state index contributed by atoms with van der Waals surface area (Å²) in [6, 6.07) is 97.8. The summed E-state index contributed by atoms with van der Waals surface area (Å²) in [5.41, 5.74) is 15.8. The van der Waals surface area contributed by atoms with Crippen LogP contribution < -0.4 is 32.0 Å². The monoisotopic (exact) mass is 1860 g/mol. The average Bonchev–Trinajstić information content (AvgIpc) is 0.938. The Bertz CT molecular complexity index is 5230. The molecule has 0 aromatic heterocycles. The number of hydrogen-bond donors (Lipinski definition) is 7. The molecular formula is C104H112B2Br2Cl4N5O7. The summed E-state index contributed by atoms with van der Waals surface area (Å²) in [6.45, 7) is 9.55. The van der Waals surface area contributed by atoms with Gasteiger partial charge >= 0.3 is 7.12 Å². The highest BCUT2D eigenvalue weighted by molar-refractivity contribution is 9.10. The number of halogens is 6. The van der Waals surface area contributed by atoms with Gasteiger partial charge in [0, 0.05) is 96.3 Å². The summed E-state index contributed by atoms with van der Waals surface area (Å²) < 4.78 is 1.86. The van der Waals surface area contributed by atoms with Gasteiger partial charge in [-0.25, -0.2) is 0 Å². The lowest BCUT2D eigenvalue weighted by atomic mass is 9.81. The van der Waals surface area contributed by atoms with Gasteiger partial charge in [0.05, 0.1) is 0 Å². The average molecular weight is 1870 g/mol. The molecule has 0 unspecified atom stereocenters. The topological polar surface area (TPSA) is 186 Å². The first-order chi connectivity index (χ1) is 58.9. The minimum absolute atomic E-state index is 0. The molecule has 0 saturated carbocycles. The first-order valence-corrected chi connectivity index (χ1v) is 44.7. The van der Waals surface area contributed by atoms with Crippen LogP contribution in [-0.2, 0) is 0 Å². The predicted molar refractivity (Wildman–Crippen MR) is 528 cm³/mol. The Kier molecular flexibility index (Phi) is 43.3. The minimum Gasteiger partial charge on any atom is -0.423 e. The summed E-state index contributed by atoms with van der Waals surface area (Å²) in [5.74, 6) is 2.42. The smallest absolute Gasteiger partial charge is 0.423 e. The third-order valence-electron chi connectivity index (χ3n) is 22.0. The minimum atomic E-state index is -1.38. The van der Waals surface area contributed by atoms with E-state index in [-0.39, 0.29) is 65.8 Å². The SMILES string of the molecule is C.C.Clc1cccc(-c2cccc(Cl)c2)c1.O=C(c1ccc(-c2cccc(-c3cccc(Cl)c3)c2)cc1)C1CCNCC1.O=C(c1ccc(-c2cccc(Cl)c2)cc1)C1CCNCC1.O=C(c1ccc(-c2ccccc2)cc1)C1CCNCC1.O=C(c1ccc(Br)cc1)C1CCNCC1.O=C(c1ccccc1)C1CCNCC1.OB(O)c1cccc(Br)c1.[2HH].[B]. The molecule has 17 rings (SSSR count). The highest BCUT2D eigenvalue weighted by atomic mass is 79.9. The summed E-state index contributed by atoms with van der Waals surface area (Å²) in [5, 5.41) is 36.7. The first-order valence-electron chi connectivity index (χ1n) is 41.6. The van der Waals surface area contributed by atoms with Gasteiger partial charge in [0.15, 0.2) is 28.9 Å². The Morgan fingerprint density at radius 1 is 0.258 bits per heavy atom. The molecule has 0 atom stereocenters. The van der Waals surface area contributed by atoms with E-state index in [9.17, 15) is 24.0 Å². The maximum absolute atomic E-state index is 12.7. The molecule has 12 aromatic rings.